The molecular weight excluding hydrogens is 240 g/mol. The monoisotopic (exact) mass is 258 g/mol. The molecule has 3 rings (SSSR count). The van der Waals surface area contributed by atoms with E-state index in [4.69, 9.17) is 0 Å². The van der Waals surface area contributed by atoms with Crippen molar-refractivity contribution < 1.29 is 0 Å². The van der Waals surface area contributed by atoms with Crippen LogP contribution in [0.5, 0.6) is 0 Å². The van der Waals surface area contributed by atoms with Crippen LogP contribution in [0.25, 0.3) is 0 Å². The predicted octanol–water partition coefficient (Wildman–Crippen LogP) is 0.734. The third-order valence-corrected chi connectivity index (χ3v) is 3.38. The highest BCUT2D eigenvalue weighted by atomic mass is 15.3. The number of aromatic nitrogens is 4. The Morgan fingerprint density at radius 1 is 1.37 bits per heavy atom. The molecule has 3 heterocycles. The molecule has 19 heavy (non-hydrogen) atoms. The van der Waals surface area contributed by atoms with E-state index in [1.807, 2.05) is 31.5 Å². The lowest BCUT2D eigenvalue weighted by Crippen LogP contribution is -2.51. The minimum absolute atomic E-state index is 0.690. The second-order valence-electron chi connectivity index (χ2n) is 5.04. The molecule has 0 spiro atoms. The molecule has 100 valence electrons. The molecule has 1 saturated heterocycles. The van der Waals surface area contributed by atoms with Crippen molar-refractivity contribution in [3.63, 3.8) is 0 Å². The van der Waals surface area contributed by atoms with Crippen LogP contribution in [0.4, 0.5) is 5.82 Å². The maximum atomic E-state index is 4.20. The van der Waals surface area contributed by atoms with Crippen molar-refractivity contribution in [3.05, 3.63) is 35.8 Å². The van der Waals surface area contributed by atoms with E-state index in [-0.39, 0.29) is 0 Å². The first kappa shape index (κ1) is 12.1. The molecule has 1 aliphatic rings. The number of rotatable bonds is 5. The molecule has 2 aromatic heterocycles. The summed E-state index contributed by atoms with van der Waals surface area (Å²) in [5.41, 5.74) is 2.16. The Morgan fingerprint density at radius 3 is 2.95 bits per heavy atom. The first-order valence-electron chi connectivity index (χ1n) is 6.55. The fraction of sp³-hybridized carbons (Fsp3) is 0.462. The third kappa shape index (κ3) is 2.90. The van der Waals surface area contributed by atoms with Gasteiger partial charge >= 0.3 is 0 Å². The van der Waals surface area contributed by atoms with E-state index in [9.17, 15) is 0 Å². The van der Waals surface area contributed by atoms with Gasteiger partial charge in [0.1, 0.15) is 0 Å². The predicted molar refractivity (Wildman–Crippen MR) is 72.8 cm³/mol. The van der Waals surface area contributed by atoms with E-state index in [0.29, 0.717) is 5.92 Å². The first-order chi connectivity index (χ1) is 9.31. The van der Waals surface area contributed by atoms with Crippen LogP contribution in [0.3, 0.4) is 0 Å². The van der Waals surface area contributed by atoms with E-state index in [2.05, 4.69) is 30.6 Å². The van der Waals surface area contributed by atoms with Crippen molar-refractivity contribution in [2.24, 2.45) is 5.92 Å². The van der Waals surface area contributed by atoms with E-state index in [0.717, 1.165) is 37.7 Å². The van der Waals surface area contributed by atoms with Gasteiger partial charge in [-0.05, 0) is 19.1 Å². The van der Waals surface area contributed by atoms with Gasteiger partial charge in [-0.1, -0.05) is 0 Å². The molecule has 1 aliphatic heterocycles. The summed E-state index contributed by atoms with van der Waals surface area (Å²) < 4.78 is 0. The fourth-order valence-corrected chi connectivity index (χ4v) is 2.24. The Labute approximate surface area is 112 Å². The normalized spacial score (nSPS) is 15.5. The van der Waals surface area contributed by atoms with Crippen LogP contribution in [0.1, 0.15) is 11.3 Å². The van der Waals surface area contributed by atoms with Crippen molar-refractivity contribution in [2.45, 2.75) is 13.5 Å². The highest BCUT2D eigenvalue weighted by Gasteiger charge is 2.27. The zero-order chi connectivity index (χ0) is 13.1. The van der Waals surface area contributed by atoms with Gasteiger partial charge in [0, 0.05) is 43.9 Å². The fourth-order valence-electron chi connectivity index (χ4n) is 2.24. The Bertz CT molecular complexity index is 500. The maximum Gasteiger partial charge on any atom is 0.151 e. The molecule has 0 bridgehead atoms. The summed E-state index contributed by atoms with van der Waals surface area (Å²) in [7, 11) is 0. The van der Waals surface area contributed by atoms with Crippen LogP contribution >= 0.6 is 0 Å². The van der Waals surface area contributed by atoms with Gasteiger partial charge in [0.15, 0.2) is 5.82 Å². The number of hydrogen-bond acceptors (Lipinski definition) is 5. The topological polar surface area (TPSA) is 69.7 Å². The number of H-pyrrole nitrogens is 1. The zero-order valence-corrected chi connectivity index (χ0v) is 11.0. The number of hydrogen-bond donors (Lipinski definition) is 2. The second kappa shape index (κ2) is 5.36. The van der Waals surface area contributed by atoms with Crippen molar-refractivity contribution in [3.8, 4) is 0 Å². The zero-order valence-electron chi connectivity index (χ0n) is 11.0. The second-order valence-corrected chi connectivity index (χ2v) is 5.04. The van der Waals surface area contributed by atoms with Gasteiger partial charge < -0.3 is 10.2 Å². The number of nitrogens with one attached hydrogen (secondary N) is 2. The Morgan fingerprint density at radius 2 is 2.26 bits per heavy atom. The Balaban J connectivity index is 1.39. The van der Waals surface area contributed by atoms with E-state index < -0.39 is 0 Å². The summed E-state index contributed by atoms with van der Waals surface area (Å²) in [6.07, 6.45) is 3.77. The lowest BCUT2D eigenvalue weighted by molar-refractivity contribution is 0.381. The molecule has 6 nitrogen and oxygen atoms in total. The molecule has 1 fully saturated rings. The standard InChI is InChI=1S/C13H18N6/c1-10-2-3-13(18-17-10)19-8-12(9-19)5-14-4-11-6-15-16-7-11/h2-3,6-7,12,14H,4-5,8-9H2,1H3,(H,15,16). The van der Waals surface area contributed by atoms with E-state index in [1.54, 1.807) is 0 Å². The largest absolute Gasteiger partial charge is 0.354 e. The van der Waals surface area contributed by atoms with Crippen molar-refractivity contribution in [1.82, 2.24) is 25.7 Å². The lowest BCUT2D eigenvalue weighted by Gasteiger charge is -2.40. The average molecular weight is 258 g/mol. The lowest BCUT2D eigenvalue weighted by atomic mass is 10.0. The van der Waals surface area contributed by atoms with Crippen molar-refractivity contribution in [2.75, 3.05) is 24.5 Å². The maximum absolute atomic E-state index is 4.20. The molecule has 0 unspecified atom stereocenters. The highest BCUT2D eigenvalue weighted by Crippen LogP contribution is 2.21. The molecule has 2 N–H and O–H groups in total. The molecule has 0 saturated carbocycles. The number of nitrogens with zero attached hydrogens (tertiary/aromatic N) is 4. The minimum Gasteiger partial charge on any atom is -0.354 e. The molecule has 0 radical (unpaired) electrons. The van der Waals surface area contributed by atoms with Gasteiger partial charge in [0.25, 0.3) is 0 Å². The van der Waals surface area contributed by atoms with Crippen LogP contribution in [0.2, 0.25) is 0 Å². The molecule has 6 heteroatoms. The van der Waals surface area contributed by atoms with Crippen LogP contribution in [0, 0.1) is 12.8 Å². The third-order valence-electron chi connectivity index (χ3n) is 3.38. The number of anilines is 1. The van der Waals surface area contributed by atoms with Crippen molar-refractivity contribution in [1.29, 1.82) is 0 Å². The van der Waals surface area contributed by atoms with Gasteiger partial charge in [-0.3, -0.25) is 5.10 Å². The van der Waals surface area contributed by atoms with E-state index >= 15 is 0 Å². The highest BCUT2D eigenvalue weighted by molar-refractivity contribution is 5.40. The molecule has 0 aromatic carbocycles. The van der Waals surface area contributed by atoms with Gasteiger partial charge in [0.05, 0.1) is 11.9 Å². The summed E-state index contributed by atoms with van der Waals surface area (Å²) in [4.78, 5) is 2.26. The van der Waals surface area contributed by atoms with Crippen LogP contribution in [0.15, 0.2) is 24.5 Å². The van der Waals surface area contributed by atoms with Gasteiger partial charge in [-0.25, -0.2) is 0 Å². The summed E-state index contributed by atoms with van der Waals surface area (Å²) in [6.45, 7) is 5.96. The van der Waals surface area contributed by atoms with Crippen molar-refractivity contribution >= 4 is 5.82 Å². The summed E-state index contributed by atoms with van der Waals surface area (Å²) in [5.74, 6) is 1.67. The minimum atomic E-state index is 0.690. The first-order valence-corrected chi connectivity index (χ1v) is 6.55. The van der Waals surface area contributed by atoms with Gasteiger partial charge in [-0.15, -0.1) is 5.10 Å². The Kier molecular flexibility index (Phi) is 3.41. The SMILES string of the molecule is Cc1ccc(N2CC(CNCc3cn[nH]c3)C2)nn1. The van der Waals surface area contributed by atoms with E-state index in [1.165, 1.54) is 5.56 Å². The van der Waals surface area contributed by atoms with Crippen LogP contribution in [-0.2, 0) is 6.54 Å². The number of aromatic amines is 1. The summed E-state index contributed by atoms with van der Waals surface area (Å²) in [5, 5.41) is 18.5. The van der Waals surface area contributed by atoms with Gasteiger partial charge in [-0.2, -0.15) is 10.2 Å². The molecular formula is C13H18N6. The summed E-state index contributed by atoms with van der Waals surface area (Å²) in [6, 6.07) is 4.05. The quantitative estimate of drug-likeness (QED) is 0.827. The smallest absolute Gasteiger partial charge is 0.151 e. The summed E-state index contributed by atoms with van der Waals surface area (Å²) >= 11 is 0. The average Bonchev–Trinajstić information content (AvgIpc) is 2.87. The number of aryl methyl sites for hydroxylation is 1. The van der Waals surface area contributed by atoms with Gasteiger partial charge in [0.2, 0.25) is 0 Å². The molecule has 0 aliphatic carbocycles. The van der Waals surface area contributed by atoms with Crippen LogP contribution in [-0.4, -0.2) is 40.0 Å². The Hall–Kier alpha value is -1.95. The molecule has 0 amide bonds. The molecule has 0 atom stereocenters. The van der Waals surface area contributed by atoms with Crippen LogP contribution < -0.4 is 10.2 Å². The molecule has 2 aromatic rings.